The summed E-state index contributed by atoms with van der Waals surface area (Å²) in [5.41, 5.74) is 3.18. The van der Waals surface area contributed by atoms with E-state index in [1.807, 2.05) is 29.6 Å². The number of anilines is 2. The van der Waals surface area contributed by atoms with Crippen LogP contribution < -0.4 is 15.5 Å². The lowest BCUT2D eigenvalue weighted by molar-refractivity contribution is -0.120. The van der Waals surface area contributed by atoms with Gasteiger partial charge in [0.2, 0.25) is 11.8 Å². The Morgan fingerprint density at radius 3 is 2.45 bits per heavy atom. The standard InChI is InChI=1S/C24H26N4O4S/c29-20-8-3-16(11-21(20)30)12-22(31)25-14-24-27-18(15-33-24)13-23(32)26-17-4-6-19(7-5-17)28-9-1-2-10-28/h3-8,11,15,29-30H,1-2,9-10,12-14H2,(H,25,31)(H,26,32). The van der Waals surface area contributed by atoms with Gasteiger partial charge in [0.05, 0.1) is 25.1 Å². The Morgan fingerprint density at radius 1 is 0.970 bits per heavy atom. The average molecular weight is 467 g/mol. The van der Waals surface area contributed by atoms with Crippen LogP contribution in [-0.4, -0.2) is 40.1 Å². The molecule has 0 saturated carbocycles. The molecule has 2 heterocycles. The minimum atomic E-state index is -0.259. The number of thiazole rings is 1. The molecule has 9 heteroatoms. The van der Waals surface area contributed by atoms with Gasteiger partial charge in [-0.2, -0.15) is 0 Å². The molecule has 1 aromatic heterocycles. The van der Waals surface area contributed by atoms with Crippen LogP contribution in [0.4, 0.5) is 11.4 Å². The average Bonchev–Trinajstić information content (AvgIpc) is 3.48. The number of hydrogen-bond donors (Lipinski definition) is 4. The molecule has 0 bridgehead atoms. The maximum Gasteiger partial charge on any atom is 0.230 e. The smallest absolute Gasteiger partial charge is 0.230 e. The molecule has 4 rings (SSSR count). The fourth-order valence-electron chi connectivity index (χ4n) is 3.71. The number of nitrogens with one attached hydrogen (secondary N) is 2. The number of nitrogens with zero attached hydrogens (tertiary/aromatic N) is 2. The Hall–Kier alpha value is -3.59. The highest BCUT2D eigenvalue weighted by atomic mass is 32.1. The highest BCUT2D eigenvalue weighted by Gasteiger charge is 2.13. The number of aromatic nitrogens is 1. The molecule has 0 aliphatic carbocycles. The number of aromatic hydroxyl groups is 2. The van der Waals surface area contributed by atoms with E-state index in [9.17, 15) is 19.8 Å². The minimum absolute atomic E-state index is 0.0744. The van der Waals surface area contributed by atoms with Crippen molar-refractivity contribution in [3.63, 3.8) is 0 Å². The summed E-state index contributed by atoms with van der Waals surface area (Å²) in [7, 11) is 0. The van der Waals surface area contributed by atoms with Crippen molar-refractivity contribution < 1.29 is 19.8 Å². The lowest BCUT2D eigenvalue weighted by Crippen LogP contribution is -2.24. The van der Waals surface area contributed by atoms with E-state index < -0.39 is 0 Å². The number of rotatable bonds is 8. The lowest BCUT2D eigenvalue weighted by atomic mass is 10.1. The van der Waals surface area contributed by atoms with Crippen molar-refractivity contribution >= 4 is 34.5 Å². The summed E-state index contributed by atoms with van der Waals surface area (Å²) in [6.07, 6.45) is 2.68. The molecule has 172 valence electrons. The van der Waals surface area contributed by atoms with Crippen molar-refractivity contribution in [2.75, 3.05) is 23.3 Å². The van der Waals surface area contributed by atoms with Gasteiger partial charge < -0.3 is 25.7 Å². The zero-order chi connectivity index (χ0) is 23.2. The summed E-state index contributed by atoms with van der Waals surface area (Å²) < 4.78 is 0. The number of phenolic OH excluding ortho intramolecular Hbond substituents is 2. The number of carbonyl (C=O) groups is 2. The molecule has 0 radical (unpaired) electrons. The van der Waals surface area contributed by atoms with Gasteiger partial charge in [-0.25, -0.2) is 4.98 Å². The second-order valence-electron chi connectivity index (χ2n) is 7.98. The van der Waals surface area contributed by atoms with Crippen LogP contribution in [0.5, 0.6) is 11.5 Å². The van der Waals surface area contributed by atoms with Crippen molar-refractivity contribution in [3.05, 3.63) is 64.1 Å². The third-order valence-corrected chi connectivity index (χ3v) is 6.30. The molecule has 1 aliphatic heterocycles. The molecule has 0 spiro atoms. The monoisotopic (exact) mass is 466 g/mol. The minimum Gasteiger partial charge on any atom is -0.504 e. The summed E-state index contributed by atoms with van der Waals surface area (Å²) in [5, 5.41) is 27.1. The molecule has 4 N–H and O–H groups in total. The van der Waals surface area contributed by atoms with E-state index in [0.717, 1.165) is 18.8 Å². The van der Waals surface area contributed by atoms with E-state index in [-0.39, 0.29) is 42.7 Å². The predicted octanol–water partition coefficient (Wildman–Crippen LogP) is 3.19. The molecule has 3 aromatic rings. The topological polar surface area (TPSA) is 115 Å². The summed E-state index contributed by atoms with van der Waals surface area (Å²) in [6, 6.07) is 12.2. The quantitative estimate of drug-likeness (QED) is 0.379. The molecule has 1 saturated heterocycles. The Bertz CT molecular complexity index is 1120. The summed E-state index contributed by atoms with van der Waals surface area (Å²) in [5.74, 6) is -0.854. The summed E-state index contributed by atoms with van der Waals surface area (Å²) in [4.78, 5) is 31.3. The van der Waals surface area contributed by atoms with Gasteiger partial charge in [-0.1, -0.05) is 6.07 Å². The summed E-state index contributed by atoms with van der Waals surface area (Å²) in [6.45, 7) is 2.42. The lowest BCUT2D eigenvalue weighted by Gasteiger charge is -2.17. The Kier molecular flexibility index (Phi) is 7.09. The fraction of sp³-hybridized carbons (Fsp3) is 0.292. The van der Waals surface area contributed by atoms with Crippen LogP contribution >= 0.6 is 11.3 Å². The van der Waals surface area contributed by atoms with E-state index in [4.69, 9.17) is 0 Å². The molecule has 1 fully saturated rings. The van der Waals surface area contributed by atoms with Gasteiger partial charge in [0.15, 0.2) is 11.5 Å². The highest BCUT2D eigenvalue weighted by Crippen LogP contribution is 2.25. The molecule has 2 aromatic carbocycles. The third-order valence-electron chi connectivity index (χ3n) is 5.40. The Balaban J connectivity index is 1.23. The second kappa shape index (κ2) is 10.4. The molecule has 8 nitrogen and oxygen atoms in total. The zero-order valence-corrected chi connectivity index (χ0v) is 18.9. The SMILES string of the molecule is O=C(Cc1ccc(O)c(O)c1)NCc1nc(CC(=O)Nc2ccc(N3CCCC3)cc2)cs1. The molecular weight excluding hydrogens is 440 g/mol. The maximum atomic E-state index is 12.4. The van der Waals surface area contributed by atoms with E-state index in [0.29, 0.717) is 16.3 Å². The summed E-state index contributed by atoms with van der Waals surface area (Å²) >= 11 is 1.38. The number of hydrogen-bond acceptors (Lipinski definition) is 7. The molecule has 0 unspecified atom stereocenters. The van der Waals surface area contributed by atoms with Crippen LogP contribution in [0.3, 0.4) is 0 Å². The van der Waals surface area contributed by atoms with Crippen molar-refractivity contribution in [1.82, 2.24) is 10.3 Å². The Morgan fingerprint density at radius 2 is 1.73 bits per heavy atom. The van der Waals surface area contributed by atoms with E-state index in [1.165, 1.54) is 42.0 Å². The number of carbonyl (C=O) groups excluding carboxylic acids is 2. The van der Waals surface area contributed by atoms with Crippen LogP contribution in [0.25, 0.3) is 0 Å². The van der Waals surface area contributed by atoms with E-state index >= 15 is 0 Å². The third kappa shape index (κ3) is 6.23. The van der Waals surface area contributed by atoms with Gasteiger partial charge in [-0.05, 0) is 54.8 Å². The van der Waals surface area contributed by atoms with Crippen molar-refractivity contribution in [2.24, 2.45) is 0 Å². The molecular formula is C24H26N4O4S. The largest absolute Gasteiger partial charge is 0.504 e. The second-order valence-corrected chi connectivity index (χ2v) is 8.92. The fourth-order valence-corrected chi connectivity index (χ4v) is 4.45. The molecule has 2 amide bonds. The van der Waals surface area contributed by atoms with Gasteiger partial charge in [0.1, 0.15) is 5.01 Å². The van der Waals surface area contributed by atoms with Crippen LogP contribution in [0.15, 0.2) is 47.8 Å². The molecule has 0 atom stereocenters. The molecule has 1 aliphatic rings. The normalized spacial score (nSPS) is 13.2. The van der Waals surface area contributed by atoms with Gasteiger partial charge >= 0.3 is 0 Å². The first-order valence-electron chi connectivity index (χ1n) is 10.8. The van der Waals surface area contributed by atoms with E-state index in [2.05, 4.69) is 20.5 Å². The van der Waals surface area contributed by atoms with Crippen LogP contribution in [0.1, 0.15) is 29.1 Å². The highest BCUT2D eigenvalue weighted by molar-refractivity contribution is 7.09. The van der Waals surface area contributed by atoms with Gasteiger partial charge in [0, 0.05) is 29.8 Å². The van der Waals surface area contributed by atoms with Crippen molar-refractivity contribution in [1.29, 1.82) is 0 Å². The van der Waals surface area contributed by atoms with Crippen LogP contribution in [0.2, 0.25) is 0 Å². The van der Waals surface area contributed by atoms with Crippen molar-refractivity contribution in [2.45, 2.75) is 32.2 Å². The first-order valence-corrected chi connectivity index (χ1v) is 11.7. The van der Waals surface area contributed by atoms with Gasteiger partial charge in [-0.3, -0.25) is 9.59 Å². The number of benzene rings is 2. The predicted molar refractivity (Wildman–Crippen MR) is 128 cm³/mol. The van der Waals surface area contributed by atoms with Gasteiger partial charge in [0.25, 0.3) is 0 Å². The van der Waals surface area contributed by atoms with E-state index in [1.54, 1.807) is 6.07 Å². The number of amides is 2. The Labute approximate surface area is 195 Å². The number of phenols is 2. The zero-order valence-electron chi connectivity index (χ0n) is 18.1. The first-order chi connectivity index (χ1) is 16.0. The van der Waals surface area contributed by atoms with Crippen molar-refractivity contribution in [3.8, 4) is 11.5 Å². The first kappa shape index (κ1) is 22.6. The van der Waals surface area contributed by atoms with Crippen LogP contribution in [0, 0.1) is 0 Å². The van der Waals surface area contributed by atoms with Crippen LogP contribution in [-0.2, 0) is 29.0 Å². The maximum absolute atomic E-state index is 12.4. The molecule has 33 heavy (non-hydrogen) atoms. The van der Waals surface area contributed by atoms with Gasteiger partial charge in [-0.15, -0.1) is 11.3 Å².